The number of methoxy groups -OCH3 is 1. The number of aromatic nitrogens is 3. The molecule has 2 aromatic rings. The smallest absolute Gasteiger partial charge is 0.345 e. The molecule has 0 bridgehead atoms. The van der Waals surface area contributed by atoms with Crippen LogP contribution in [0.4, 0.5) is 11.6 Å². The van der Waals surface area contributed by atoms with Gasteiger partial charge in [-0.15, -0.1) is 5.10 Å². The number of nitrogens with zero attached hydrogens (tertiary/aromatic N) is 3. The third-order valence-corrected chi connectivity index (χ3v) is 3.25. The molecule has 3 N–H and O–H groups in total. The topological polar surface area (TPSA) is 95.1 Å². The normalized spacial score (nSPS) is 10.4. The summed E-state index contributed by atoms with van der Waals surface area (Å²) in [5.74, 6) is 0.570. The number of carbonyl (C=O) groups is 1. The lowest BCUT2D eigenvalue weighted by molar-refractivity contribution is 0.0603. The fourth-order valence-electron chi connectivity index (χ4n) is 1.77. The zero-order chi connectivity index (χ0) is 15.4. The minimum Gasteiger partial charge on any atom is -0.465 e. The van der Waals surface area contributed by atoms with Gasteiger partial charge < -0.3 is 15.8 Å². The highest BCUT2D eigenvalue weighted by molar-refractivity contribution is 9.10. The van der Waals surface area contributed by atoms with E-state index in [-0.39, 0.29) is 11.4 Å². The van der Waals surface area contributed by atoms with Gasteiger partial charge in [-0.3, -0.25) is 0 Å². The lowest BCUT2D eigenvalue weighted by Gasteiger charge is -2.03. The van der Waals surface area contributed by atoms with Crippen LogP contribution in [-0.2, 0) is 4.74 Å². The Morgan fingerprint density at radius 2 is 2.29 bits per heavy atom. The quantitative estimate of drug-likeness (QED) is 0.800. The van der Waals surface area contributed by atoms with Crippen molar-refractivity contribution < 1.29 is 9.53 Å². The van der Waals surface area contributed by atoms with Gasteiger partial charge in [0.25, 0.3) is 0 Å². The lowest BCUT2D eigenvalue weighted by atomic mass is 10.3. The SMILES string of the molecule is CCCNc1nn(-c2ccc(Br)cn2)c(N)c1C(=O)OC. The molecule has 0 unspecified atom stereocenters. The third kappa shape index (κ3) is 3.15. The van der Waals surface area contributed by atoms with Crippen molar-refractivity contribution in [1.82, 2.24) is 14.8 Å². The summed E-state index contributed by atoms with van der Waals surface area (Å²) >= 11 is 3.31. The van der Waals surface area contributed by atoms with E-state index in [0.717, 1.165) is 10.9 Å². The Morgan fingerprint density at radius 3 is 2.86 bits per heavy atom. The van der Waals surface area contributed by atoms with Crippen molar-refractivity contribution >= 4 is 33.5 Å². The summed E-state index contributed by atoms with van der Waals surface area (Å²) in [5, 5.41) is 7.39. The number of nitrogens with one attached hydrogen (secondary N) is 1. The Balaban J connectivity index is 2.49. The molecule has 8 heteroatoms. The summed E-state index contributed by atoms with van der Waals surface area (Å²) in [7, 11) is 1.31. The summed E-state index contributed by atoms with van der Waals surface area (Å²) in [6, 6.07) is 3.57. The maximum Gasteiger partial charge on any atom is 0.345 e. The van der Waals surface area contributed by atoms with Gasteiger partial charge in [0.2, 0.25) is 0 Å². The Hall–Kier alpha value is -2.09. The van der Waals surface area contributed by atoms with Gasteiger partial charge in [-0.1, -0.05) is 6.92 Å². The summed E-state index contributed by atoms with van der Waals surface area (Å²) in [6.07, 6.45) is 2.53. The molecule has 0 amide bonds. The van der Waals surface area contributed by atoms with Crippen LogP contribution >= 0.6 is 15.9 Å². The second-order valence-electron chi connectivity index (χ2n) is 4.27. The highest BCUT2D eigenvalue weighted by Crippen LogP contribution is 2.25. The molecule has 0 saturated heterocycles. The van der Waals surface area contributed by atoms with E-state index in [2.05, 4.69) is 31.3 Å². The van der Waals surface area contributed by atoms with Gasteiger partial charge in [-0.2, -0.15) is 4.68 Å². The fraction of sp³-hybridized carbons (Fsp3) is 0.308. The number of anilines is 2. The van der Waals surface area contributed by atoms with Crippen molar-refractivity contribution in [3.8, 4) is 5.82 Å². The van der Waals surface area contributed by atoms with E-state index in [1.807, 2.05) is 13.0 Å². The van der Waals surface area contributed by atoms with Crippen LogP contribution in [0.3, 0.4) is 0 Å². The second kappa shape index (κ2) is 6.57. The molecule has 2 rings (SSSR count). The zero-order valence-electron chi connectivity index (χ0n) is 11.8. The number of carbonyl (C=O) groups excluding carboxylic acids is 1. The average Bonchev–Trinajstić information content (AvgIpc) is 2.82. The fourth-order valence-corrected chi connectivity index (χ4v) is 2.00. The molecule has 0 fully saturated rings. The molecule has 21 heavy (non-hydrogen) atoms. The van der Waals surface area contributed by atoms with E-state index >= 15 is 0 Å². The summed E-state index contributed by atoms with van der Waals surface area (Å²) in [5.41, 5.74) is 6.25. The highest BCUT2D eigenvalue weighted by atomic mass is 79.9. The van der Waals surface area contributed by atoms with Gasteiger partial charge in [-0.05, 0) is 34.5 Å². The number of pyridine rings is 1. The molecule has 2 aromatic heterocycles. The van der Waals surface area contributed by atoms with Crippen LogP contribution in [-0.4, -0.2) is 34.4 Å². The maximum atomic E-state index is 11.9. The van der Waals surface area contributed by atoms with E-state index in [9.17, 15) is 4.79 Å². The second-order valence-corrected chi connectivity index (χ2v) is 5.19. The molecule has 0 spiro atoms. The number of nitrogens with two attached hydrogens (primary N) is 1. The molecular weight excluding hydrogens is 338 g/mol. The molecule has 0 atom stereocenters. The number of halogens is 1. The van der Waals surface area contributed by atoms with Crippen molar-refractivity contribution in [2.45, 2.75) is 13.3 Å². The van der Waals surface area contributed by atoms with Crippen molar-refractivity contribution in [2.75, 3.05) is 24.7 Å². The van der Waals surface area contributed by atoms with Crippen LogP contribution < -0.4 is 11.1 Å². The monoisotopic (exact) mass is 353 g/mol. The zero-order valence-corrected chi connectivity index (χ0v) is 13.3. The van der Waals surface area contributed by atoms with Crippen LogP contribution in [0, 0.1) is 0 Å². The third-order valence-electron chi connectivity index (χ3n) is 2.78. The predicted octanol–water partition coefficient (Wildman–Crippen LogP) is 2.22. The van der Waals surface area contributed by atoms with E-state index in [1.54, 1.807) is 12.3 Å². The number of esters is 1. The number of nitrogen functional groups attached to an aromatic ring is 1. The van der Waals surface area contributed by atoms with Crippen molar-refractivity contribution in [1.29, 1.82) is 0 Å². The van der Waals surface area contributed by atoms with Crippen molar-refractivity contribution in [2.24, 2.45) is 0 Å². The van der Waals surface area contributed by atoms with Gasteiger partial charge in [0.05, 0.1) is 7.11 Å². The standard InChI is InChI=1S/C13H16BrN5O2/c1-3-6-16-12-10(13(20)21-2)11(15)19(18-12)9-5-4-8(14)7-17-9/h4-5,7H,3,6,15H2,1-2H3,(H,16,18). The first-order valence-corrected chi connectivity index (χ1v) is 7.20. The molecule has 7 nitrogen and oxygen atoms in total. The van der Waals surface area contributed by atoms with E-state index in [4.69, 9.17) is 10.5 Å². The van der Waals surface area contributed by atoms with Crippen LogP contribution in [0.15, 0.2) is 22.8 Å². The van der Waals surface area contributed by atoms with Crippen molar-refractivity contribution in [3.05, 3.63) is 28.4 Å². The van der Waals surface area contributed by atoms with Crippen LogP contribution in [0.5, 0.6) is 0 Å². The summed E-state index contributed by atoms with van der Waals surface area (Å²) in [4.78, 5) is 16.1. The molecule has 0 aliphatic heterocycles. The highest BCUT2D eigenvalue weighted by Gasteiger charge is 2.23. The minimum absolute atomic E-state index is 0.190. The molecular formula is C13H16BrN5O2. The molecule has 0 aliphatic carbocycles. The molecule has 0 aromatic carbocycles. The van der Waals surface area contributed by atoms with Crippen LogP contribution in [0.25, 0.3) is 5.82 Å². The average molecular weight is 354 g/mol. The number of ether oxygens (including phenoxy) is 1. The van der Waals surface area contributed by atoms with Gasteiger partial charge >= 0.3 is 5.97 Å². The maximum absolute atomic E-state index is 11.9. The first kappa shape index (κ1) is 15.3. The van der Waals surface area contributed by atoms with Gasteiger partial charge in [0.1, 0.15) is 11.4 Å². The Bertz CT molecular complexity index is 639. The lowest BCUT2D eigenvalue weighted by Crippen LogP contribution is -2.09. The van der Waals surface area contributed by atoms with Gasteiger partial charge in [-0.25, -0.2) is 9.78 Å². The van der Waals surface area contributed by atoms with Gasteiger partial charge in [0, 0.05) is 17.2 Å². The minimum atomic E-state index is -0.533. The molecule has 0 aliphatic rings. The Kier molecular flexibility index (Phi) is 4.79. The number of rotatable bonds is 5. The first-order chi connectivity index (χ1) is 10.1. The van der Waals surface area contributed by atoms with Crippen LogP contribution in [0.1, 0.15) is 23.7 Å². The number of hydrogen-bond donors (Lipinski definition) is 2. The predicted molar refractivity (Wildman–Crippen MR) is 83.6 cm³/mol. The number of hydrogen-bond acceptors (Lipinski definition) is 6. The van der Waals surface area contributed by atoms with Crippen LogP contribution in [0.2, 0.25) is 0 Å². The summed E-state index contributed by atoms with van der Waals surface area (Å²) < 4.78 is 7.02. The Labute approximate surface area is 130 Å². The Morgan fingerprint density at radius 1 is 1.52 bits per heavy atom. The molecule has 2 heterocycles. The first-order valence-electron chi connectivity index (χ1n) is 6.41. The molecule has 0 radical (unpaired) electrons. The van der Waals surface area contributed by atoms with E-state index < -0.39 is 5.97 Å². The largest absolute Gasteiger partial charge is 0.465 e. The van der Waals surface area contributed by atoms with E-state index in [0.29, 0.717) is 18.2 Å². The molecule has 0 saturated carbocycles. The molecule has 112 valence electrons. The van der Waals surface area contributed by atoms with Gasteiger partial charge in [0.15, 0.2) is 11.6 Å². The van der Waals surface area contributed by atoms with E-state index in [1.165, 1.54) is 11.8 Å². The van der Waals surface area contributed by atoms with Crippen molar-refractivity contribution in [3.63, 3.8) is 0 Å². The summed E-state index contributed by atoms with van der Waals surface area (Å²) in [6.45, 7) is 2.69.